The summed E-state index contributed by atoms with van der Waals surface area (Å²) in [6.45, 7) is 0. The summed E-state index contributed by atoms with van der Waals surface area (Å²) in [5, 5.41) is 0. The number of alkyl halides is 1. The van der Waals surface area contributed by atoms with Crippen LogP contribution in [0.3, 0.4) is 0 Å². The number of rotatable bonds is 3. The van der Waals surface area contributed by atoms with Gasteiger partial charge in [-0.1, -0.05) is 28.1 Å². The first-order valence-electron chi connectivity index (χ1n) is 4.89. The summed E-state index contributed by atoms with van der Waals surface area (Å²) in [6.07, 6.45) is 0.763. The summed E-state index contributed by atoms with van der Waals surface area (Å²) in [5.74, 6) is -0.187. The highest BCUT2D eigenvalue weighted by Gasteiger charge is 2.15. The van der Waals surface area contributed by atoms with Crippen LogP contribution in [0, 0.1) is 5.82 Å². The average molecular weight is 443 g/mol. The fourth-order valence-electron chi connectivity index (χ4n) is 1.55. The van der Waals surface area contributed by atoms with Gasteiger partial charge in [0.15, 0.2) is 0 Å². The molecular weight excluding hydrogens is 435 g/mol. The summed E-state index contributed by atoms with van der Waals surface area (Å²) in [5.41, 5.74) is 2.17. The molecule has 0 bridgehead atoms. The molecule has 1 aromatic heterocycles. The molecule has 0 radical (unpaired) electrons. The fourth-order valence-corrected chi connectivity index (χ4v) is 5.71. The van der Waals surface area contributed by atoms with Gasteiger partial charge in [0.25, 0.3) is 0 Å². The van der Waals surface area contributed by atoms with Crippen LogP contribution in [0.25, 0.3) is 0 Å². The van der Waals surface area contributed by atoms with E-state index in [0.29, 0.717) is 0 Å². The van der Waals surface area contributed by atoms with Crippen LogP contribution in [-0.2, 0) is 6.42 Å². The van der Waals surface area contributed by atoms with Gasteiger partial charge >= 0.3 is 0 Å². The summed E-state index contributed by atoms with van der Waals surface area (Å²) < 4.78 is 15.3. The average Bonchev–Trinajstić information content (AvgIpc) is 2.58. The summed E-state index contributed by atoms with van der Waals surface area (Å²) in [6, 6.07) is 8.79. The molecule has 0 saturated carbocycles. The SMILES string of the molecule is Fc1cccc(CC(Br)c2cc(Br)sc2Br)c1. The van der Waals surface area contributed by atoms with Gasteiger partial charge in [-0.15, -0.1) is 11.3 Å². The molecular formula is C12H8Br3FS. The molecule has 90 valence electrons. The van der Waals surface area contributed by atoms with E-state index in [0.717, 1.165) is 19.6 Å². The van der Waals surface area contributed by atoms with E-state index in [9.17, 15) is 4.39 Å². The van der Waals surface area contributed by atoms with E-state index in [1.165, 1.54) is 11.6 Å². The highest BCUT2D eigenvalue weighted by atomic mass is 79.9. The third-order valence-electron chi connectivity index (χ3n) is 2.32. The molecule has 0 spiro atoms. The lowest BCUT2D eigenvalue weighted by Gasteiger charge is -2.09. The molecule has 0 nitrogen and oxygen atoms in total. The maximum atomic E-state index is 13.1. The topological polar surface area (TPSA) is 0 Å². The Labute approximate surface area is 129 Å². The first kappa shape index (κ1) is 13.7. The van der Waals surface area contributed by atoms with Crippen LogP contribution in [0.5, 0.6) is 0 Å². The highest BCUT2D eigenvalue weighted by Crippen LogP contribution is 2.40. The molecule has 2 rings (SSSR count). The van der Waals surface area contributed by atoms with Crippen molar-refractivity contribution in [3.8, 4) is 0 Å². The number of hydrogen-bond donors (Lipinski definition) is 0. The molecule has 0 aliphatic carbocycles. The molecule has 0 N–H and O–H groups in total. The van der Waals surface area contributed by atoms with Crippen molar-refractivity contribution >= 4 is 59.1 Å². The molecule has 0 fully saturated rings. The molecule has 2 aromatic rings. The van der Waals surface area contributed by atoms with Crippen LogP contribution in [0.4, 0.5) is 4.39 Å². The van der Waals surface area contributed by atoms with Gasteiger partial charge in [-0.3, -0.25) is 0 Å². The molecule has 0 amide bonds. The smallest absolute Gasteiger partial charge is 0.123 e. The van der Waals surface area contributed by atoms with Gasteiger partial charge < -0.3 is 0 Å². The van der Waals surface area contributed by atoms with Crippen molar-refractivity contribution in [3.05, 3.63) is 54.8 Å². The Balaban J connectivity index is 2.16. The Bertz CT molecular complexity index is 524. The lowest BCUT2D eigenvalue weighted by atomic mass is 10.1. The zero-order valence-electron chi connectivity index (χ0n) is 8.59. The van der Waals surface area contributed by atoms with E-state index < -0.39 is 0 Å². The van der Waals surface area contributed by atoms with Gasteiger partial charge in [0.05, 0.1) is 7.57 Å². The molecule has 0 aliphatic rings. The predicted molar refractivity (Wildman–Crippen MR) is 81.5 cm³/mol. The Morgan fingerprint density at radius 3 is 2.59 bits per heavy atom. The third-order valence-corrected chi connectivity index (χ3v) is 5.53. The van der Waals surface area contributed by atoms with Crippen LogP contribution >= 0.6 is 59.1 Å². The van der Waals surface area contributed by atoms with Crippen LogP contribution < -0.4 is 0 Å². The maximum absolute atomic E-state index is 13.1. The first-order valence-corrected chi connectivity index (χ1v) is 8.21. The number of benzene rings is 1. The molecule has 0 saturated heterocycles. The van der Waals surface area contributed by atoms with E-state index in [-0.39, 0.29) is 10.6 Å². The molecule has 1 unspecified atom stereocenters. The van der Waals surface area contributed by atoms with E-state index in [2.05, 4.69) is 53.9 Å². The van der Waals surface area contributed by atoms with E-state index >= 15 is 0 Å². The van der Waals surface area contributed by atoms with Crippen LogP contribution in [0.1, 0.15) is 16.0 Å². The molecule has 1 heterocycles. The number of hydrogen-bond acceptors (Lipinski definition) is 1. The largest absolute Gasteiger partial charge is 0.207 e. The van der Waals surface area contributed by atoms with Crippen LogP contribution in [-0.4, -0.2) is 0 Å². The van der Waals surface area contributed by atoms with E-state index in [1.807, 2.05) is 6.07 Å². The molecule has 1 atom stereocenters. The molecule has 17 heavy (non-hydrogen) atoms. The maximum Gasteiger partial charge on any atom is 0.123 e. The Morgan fingerprint density at radius 1 is 1.24 bits per heavy atom. The molecule has 1 aromatic carbocycles. The van der Waals surface area contributed by atoms with Gasteiger partial charge in [-0.2, -0.15) is 0 Å². The Kier molecular flexibility index (Phi) is 4.80. The second-order valence-corrected chi connectivity index (χ2v) is 8.44. The van der Waals surface area contributed by atoms with Crippen LogP contribution in [0.2, 0.25) is 0 Å². The van der Waals surface area contributed by atoms with E-state index in [1.54, 1.807) is 23.5 Å². The van der Waals surface area contributed by atoms with E-state index in [4.69, 9.17) is 0 Å². The Hall–Kier alpha value is 0.290. The monoisotopic (exact) mass is 440 g/mol. The second kappa shape index (κ2) is 5.95. The lowest BCUT2D eigenvalue weighted by Crippen LogP contribution is -1.95. The zero-order valence-corrected chi connectivity index (χ0v) is 14.2. The van der Waals surface area contributed by atoms with Gasteiger partial charge in [-0.05, 0) is 67.6 Å². The third kappa shape index (κ3) is 3.63. The standard InChI is InChI=1S/C12H8Br3FS/c13-10(9-6-11(14)17-12(9)15)5-7-2-1-3-8(16)4-7/h1-4,6,10H,5H2. The Morgan fingerprint density at radius 2 is 2.00 bits per heavy atom. The minimum atomic E-state index is -0.187. The van der Waals surface area contributed by atoms with Crippen LogP contribution in [0.15, 0.2) is 37.9 Å². The molecule has 5 heteroatoms. The minimum Gasteiger partial charge on any atom is -0.207 e. The van der Waals surface area contributed by atoms with Gasteiger partial charge in [0, 0.05) is 4.83 Å². The normalized spacial score (nSPS) is 12.7. The van der Waals surface area contributed by atoms with Gasteiger partial charge in [-0.25, -0.2) is 4.39 Å². The second-order valence-electron chi connectivity index (χ2n) is 3.58. The van der Waals surface area contributed by atoms with Crippen molar-refractivity contribution in [1.82, 2.24) is 0 Å². The quantitative estimate of drug-likeness (QED) is 0.504. The predicted octanol–water partition coefficient (Wildman–Crippen LogP) is 6.09. The summed E-state index contributed by atoms with van der Waals surface area (Å²) in [7, 11) is 0. The van der Waals surface area contributed by atoms with Gasteiger partial charge in [0.2, 0.25) is 0 Å². The summed E-state index contributed by atoms with van der Waals surface area (Å²) in [4.78, 5) is 0.182. The van der Waals surface area contributed by atoms with Crippen molar-refractivity contribution < 1.29 is 4.39 Å². The zero-order chi connectivity index (χ0) is 12.4. The lowest BCUT2D eigenvalue weighted by molar-refractivity contribution is 0.625. The number of halogens is 4. The van der Waals surface area contributed by atoms with Crippen molar-refractivity contribution in [2.45, 2.75) is 11.2 Å². The van der Waals surface area contributed by atoms with Gasteiger partial charge in [0.1, 0.15) is 5.82 Å². The molecule has 0 aliphatic heterocycles. The highest BCUT2D eigenvalue weighted by molar-refractivity contribution is 9.12. The minimum absolute atomic E-state index is 0.182. The van der Waals surface area contributed by atoms with Crippen molar-refractivity contribution in [2.75, 3.05) is 0 Å². The van der Waals surface area contributed by atoms with Crippen molar-refractivity contribution in [2.24, 2.45) is 0 Å². The van der Waals surface area contributed by atoms with Crippen molar-refractivity contribution in [1.29, 1.82) is 0 Å². The summed E-state index contributed by atoms with van der Waals surface area (Å²) >= 11 is 12.3. The first-order chi connectivity index (χ1) is 8.06. The fraction of sp³-hybridized carbons (Fsp3) is 0.167. The number of thiophene rings is 1. The van der Waals surface area contributed by atoms with Crippen molar-refractivity contribution in [3.63, 3.8) is 0 Å².